The monoisotopic (exact) mass is 320 g/mol. The number of carbonyl (C=O) groups excluding carboxylic acids is 1. The van der Waals surface area contributed by atoms with E-state index in [-0.39, 0.29) is 5.97 Å². The first kappa shape index (κ1) is 19.4. The van der Waals surface area contributed by atoms with Crippen molar-refractivity contribution in [3.8, 4) is 0 Å². The van der Waals surface area contributed by atoms with Gasteiger partial charge in [-0.25, -0.2) is 0 Å². The van der Waals surface area contributed by atoms with E-state index < -0.39 is 0 Å². The largest absolute Gasteiger partial charge is 0.466 e. The van der Waals surface area contributed by atoms with Gasteiger partial charge in [-0.3, -0.25) is 4.79 Å². The highest BCUT2D eigenvalue weighted by atomic mass is 79.9. The predicted molar refractivity (Wildman–Crippen MR) is 79.9 cm³/mol. The van der Waals surface area contributed by atoms with Crippen molar-refractivity contribution in [2.45, 2.75) is 46.5 Å². The van der Waals surface area contributed by atoms with Gasteiger partial charge >= 0.3 is 5.97 Å². The molecule has 0 saturated heterocycles. The molecule has 0 bridgehead atoms. The summed E-state index contributed by atoms with van der Waals surface area (Å²) in [7, 11) is 0. The number of ether oxygens (including phenoxy) is 1. The SMILES string of the molecule is CC.CCCCOC(=O)CC/C(N)=C/C=C(\N)Br. The summed E-state index contributed by atoms with van der Waals surface area (Å²) in [4.78, 5) is 11.2. The lowest BCUT2D eigenvalue weighted by Gasteiger charge is -2.03. The third kappa shape index (κ3) is 15.0. The van der Waals surface area contributed by atoms with Gasteiger partial charge in [0.05, 0.1) is 17.6 Å². The fraction of sp³-hybridized carbons (Fsp3) is 0.615. The molecule has 0 aliphatic rings. The summed E-state index contributed by atoms with van der Waals surface area (Å²) >= 11 is 3.07. The van der Waals surface area contributed by atoms with Crippen LogP contribution >= 0.6 is 15.9 Å². The minimum atomic E-state index is -0.208. The number of unbranched alkanes of at least 4 members (excludes halogenated alkanes) is 1. The third-order valence-corrected chi connectivity index (χ3v) is 2.10. The fourth-order valence-corrected chi connectivity index (χ4v) is 1.05. The summed E-state index contributed by atoms with van der Waals surface area (Å²) in [6.45, 7) is 6.54. The Kier molecular flexibility index (Phi) is 15.2. The topological polar surface area (TPSA) is 78.3 Å². The number of halogens is 1. The van der Waals surface area contributed by atoms with Crippen molar-refractivity contribution in [3.63, 3.8) is 0 Å². The van der Waals surface area contributed by atoms with Crippen LogP contribution in [0.25, 0.3) is 0 Å². The van der Waals surface area contributed by atoms with Crippen molar-refractivity contribution >= 4 is 21.9 Å². The smallest absolute Gasteiger partial charge is 0.306 e. The first-order valence-corrected chi connectivity index (χ1v) is 7.08. The number of hydrogen-bond donors (Lipinski definition) is 2. The van der Waals surface area contributed by atoms with Crippen molar-refractivity contribution in [2.24, 2.45) is 11.5 Å². The molecule has 0 unspecified atom stereocenters. The number of nitrogens with two attached hydrogens (primary N) is 2. The van der Waals surface area contributed by atoms with Gasteiger partial charge < -0.3 is 16.2 Å². The van der Waals surface area contributed by atoms with E-state index in [4.69, 9.17) is 16.2 Å². The minimum absolute atomic E-state index is 0.208. The van der Waals surface area contributed by atoms with Gasteiger partial charge in [0.1, 0.15) is 0 Å². The zero-order valence-electron chi connectivity index (χ0n) is 11.5. The minimum Gasteiger partial charge on any atom is -0.466 e. The molecule has 0 amide bonds. The summed E-state index contributed by atoms with van der Waals surface area (Å²) in [6.07, 6.45) is 6.02. The van der Waals surface area contributed by atoms with Gasteiger partial charge in [-0.15, -0.1) is 0 Å². The van der Waals surface area contributed by atoms with Gasteiger partial charge in [0, 0.05) is 5.70 Å². The van der Waals surface area contributed by atoms with Crippen molar-refractivity contribution in [1.82, 2.24) is 0 Å². The highest BCUT2D eigenvalue weighted by Gasteiger charge is 2.02. The molecule has 0 fully saturated rings. The van der Waals surface area contributed by atoms with E-state index in [2.05, 4.69) is 15.9 Å². The summed E-state index contributed by atoms with van der Waals surface area (Å²) in [6, 6.07) is 0. The maximum atomic E-state index is 11.2. The summed E-state index contributed by atoms with van der Waals surface area (Å²) < 4.78 is 5.49. The standard InChI is InChI=1S/C11H19BrN2O2.C2H6/c1-2-3-8-16-11(15)7-5-9(13)4-6-10(12)14;1-2/h4,6H,2-3,5,7-8,13-14H2,1H3;1-2H3/b9-4-,10-6-;. The van der Waals surface area contributed by atoms with E-state index in [9.17, 15) is 4.79 Å². The zero-order valence-corrected chi connectivity index (χ0v) is 13.1. The Morgan fingerprint density at radius 3 is 2.33 bits per heavy atom. The van der Waals surface area contributed by atoms with Crippen molar-refractivity contribution in [1.29, 1.82) is 0 Å². The Balaban J connectivity index is 0. The molecule has 18 heavy (non-hydrogen) atoms. The van der Waals surface area contributed by atoms with Gasteiger partial charge in [0.25, 0.3) is 0 Å². The Hall–Kier alpha value is -0.970. The van der Waals surface area contributed by atoms with E-state index in [1.54, 1.807) is 12.2 Å². The molecule has 0 aliphatic carbocycles. The molecule has 0 rings (SSSR count). The van der Waals surface area contributed by atoms with Crippen LogP contribution in [-0.4, -0.2) is 12.6 Å². The number of hydrogen-bond acceptors (Lipinski definition) is 4. The molecule has 106 valence electrons. The molecule has 4 N–H and O–H groups in total. The van der Waals surface area contributed by atoms with E-state index in [1.807, 2.05) is 20.8 Å². The molecule has 0 aliphatic heterocycles. The first-order chi connectivity index (χ1) is 8.56. The highest BCUT2D eigenvalue weighted by Crippen LogP contribution is 2.03. The lowest BCUT2D eigenvalue weighted by atomic mass is 10.2. The third-order valence-electron chi connectivity index (χ3n) is 1.84. The van der Waals surface area contributed by atoms with Crippen LogP contribution < -0.4 is 11.5 Å². The Labute approximate surface area is 119 Å². The molecule has 0 aromatic heterocycles. The van der Waals surface area contributed by atoms with E-state index in [1.165, 1.54) is 0 Å². The van der Waals surface area contributed by atoms with Crippen LogP contribution in [0.2, 0.25) is 0 Å². The number of esters is 1. The Morgan fingerprint density at radius 2 is 1.83 bits per heavy atom. The highest BCUT2D eigenvalue weighted by molar-refractivity contribution is 9.11. The zero-order chi connectivity index (χ0) is 14.4. The molecule has 0 atom stereocenters. The quantitative estimate of drug-likeness (QED) is 0.327. The summed E-state index contributed by atoms with van der Waals surface area (Å²) in [5.41, 5.74) is 11.6. The van der Waals surface area contributed by atoms with E-state index in [0.29, 0.717) is 29.8 Å². The van der Waals surface area contributed by atoms with Crippen molar-refractivity contribution in [3.05, 3.63) is 22.5 Å². The molecule has 0 heterocycles. The van der Waals surface area contributed by atoms with Gasteiger partial charge in [-0.2, -0.15) is 0 Å². The number of allylic oxidation sites excluding steroid dienone is 3. The average Bonchev–Trinajstić information content (AvgIpc) is 2.36. The van der Waals surface area contributed by atoms with E-state index in [0.717, 1.165) is 12.8 Å². The molecule has 5 heteroatoms. The normalized spacial score (nSPS) is 11.6. The van der Waals surface area contributed by atoms with Crippen LogP contribution in [-0.2, 0) is 9.53 Å². The van der Waals surface area contributed by atoms with Gasteiger partial charge in [-0.1, -0.05) is 27.2 Å². The molecule has 0 saturated carbocycles. The van der Waals surface area contributed by atoms with Gasteiger partial charge in [-0.05, 0) is 40.9 Å². The molecule has 0 aromatic rings. The summed E-state index contributed by atoms with van der Waals surface area (Å²) in [5, 5.41) is 0. The molecule has 4 nitrogen and oxygen atoms in total. The fourth-order valence-electron chi connectivity index (χ4n) is 0.919. The molecule has 0 spiro atoms. The molecular formula is C13H25BrN2O2. The lowest BCUT2D eigenvalue weighted by Crippen LogP contribution is -2.08. The van der Waals surface area contributed by atoms with Crippen molar-refractivity contribution < 1.29 is 9.53 Å². The maximum absolute atomic E-state index is 11.2. The molecular weight excluding hydrogens is 296 g/mol. The number of carbonyl (C=O) groups is 1. The second kappa shape index (κ2) is 14.1. The number of rotatable bonds is 7. The Morgan fingerprint density at radius 1 is 1.22 bits per heavy atom. The van der Waals surface area contributed by atoms with Crippen LogP contribution in [0.1, 0.15) is 46.5 Å². The second-order valence-corrected chi connectivity index (χ2v) is 4.28. The predicted octanol–water partition coefficient (Wildman–Crippen LogP) is 3.17. The van der Waals surface area contributed by atoms with Crippen LogP contribution in [0, 0.1) is 0 Å². The van der Waals surface area contributed by atoms with Crippen LogP contribution in [0.5, 0.6) is 0 Å². The van der Waals surface area contributed by atoms with Crippen LogP contribution in [0.3, 0.4) is 0 Å². The van der Waals surface area contributed by atoms with Gasteiger partial charge in [0.15, 0.2) is 0 Å². The van der Waals surface area contributed by atoms with Crippen LogP contribution in [0.15, 0.2) is 22.5 Å². The second-order valence-electron chi connectivity index (χ2n) is 3.37. The molecule has 0 radical (unpaired) electrons. The lowest BCUT2D eigenvalue weighted by molar-refractivity contribution is -0.143. The van der Waals surface area contributed by atoms with Crippen LogP contribution in [0.4, 0.5) is 0 Å². The Bertz CT molecular complexity index is 272. The summed E-state index contributed by atoms with van der Waals surface area (Å²) in [5.74, 6) is -0.208. The van der Waals surface area contributed by atoms with E-state index >= 15 is 0 Å². The molecule has 0 aromatic carbocycles. The van der Waals surface area contributed by atoms with Crippen molar-refractivity contribution in [2.75, 3.05) is 6.61 Å². The maximum Gasteiger partial charge on any atom is 0.306 e. The average molecular weight is 321 g/mol. The first-order valence-electron chi connectivity index (χ1n) is 6.29. The van der Waals surface area contributed by atoms with Gasteiger partial charge in [0.2, 0.25) is 0 Å².